The fourth-order valence-electron chi connectivity index (χ4n) is 3.72. The molecule has 1 fully saturated rings. The number of hydrogen-bond donors (Lipinski definition) is 2. The number of aliphatic hydroxyl groups excluding tert-OH is 1. The number of carbonyl (C=O) groups is 2. The molecule has 2 N–H and O–H groups in total. The van der Waals surface area contributed by atoms with Crippen molar-refractivity contribution in [1.82, 2.24) is 10.2 Å². The van der Waals surface area contributed by atoms with Crippen molar-refractivity contribution in [2.75, 3.05) is 19.8 Å². The number of hydrogen-bond acceptors (Lipinski definition) is 5. The van der Waals surface area contributed by atoms with Gasteiger partial charge in [0.1, 0.15) is 5.75 Å². The van der Waals surface area contributed by atoms with Crippen molar-refractivity contribution < 1.29 is 24.2 Å². The lowest BCUT2D eigenvalue weighted by molar-refractivity contribution is -0.134. The molecule has 7 nitrogen and oxygen atoms in total. The Morgan fingerprint density at radius 2 is 1.97 bits per heavy atom. The smallest absolute Gasteiger partial charge is 0.325 e. The van der Waals surface area contributed by atoms with Crippen molar-refractivity contribution >= 4 is 23.5 Å². The minimum Gasteiger partial charge on any atom is -0.493 e. The van der Waals surface area contributed by atoms with Gasteiger partial charge >= 0.3 is 6.03 Å². The van der Waals surface area contributed by atoms with Crippen molar-refractivity contribution in [3.05, 3.63) is 64.7 Å². The van der Waals surface area contributed by atoms with E-state index in [1.54, 1.807) is 24.3 Å². The first-order valence-electron chi connectivity index (χ1n) is 9.37. The highest BCUT2D eigenvalue weighted by Gasteiger charge is 2.55. The molecular weight excluding hydrogens is 396 g/mol. The summed E-state index contributed by atoms with van der Waals surface area (Å²) in [7, 11) is 0. The molecule has 2 heterocycles. The lowest BCUT2D eigenvalue weighted by Gasteiger charge is -2.33. The Morgan fingerprint density at radius 3 is 2.79 bits per heavy atom. The molecule has 2 aliphatic rings. The predicted octanol–water partition coefficient (Wildman–Crippen LogP) is 2.45. The molecule has 8 heteroatoms. The van der Waals surface area contributed by atoms with Crippen molar-refractivity contribution in [1.29, 1.82) is 0 Å². The first-order valence-corrected chi connectivity index (χ1v) is 9.75. The Balaban J connectivity index is 1.40. The molecule has 1 saturated heterocycles. The molecule has 0 bridgehead atoms. The van der Waals surface area contributed by atoms with Crippen LogP contribution in [0.1, 0.15) is 17.5 Å². The summed E-state index contributed by atoms with van der Waals surface area (Å²) in [5.41, 5.74) is 0.287. The average molecular weight is 417 g/mol. The molecule has 0 radical (unpaired) electrons. The van der Waals surface area contributed by atoms with Crippen molar-refractivity contribution in [3.63, 3.8) is 0 Å². The molecule has 0 saturated carbocycles. The lowest BCUT2D eigenvalue weighted by Crippen LogP contribution is -2.48. The predicted molar refractivity (Wildman–Crippen MR) is 106 cm³/mol. The minimum atomic E-state index is -1.15. The quantitative estimate of drug-likeness (QED) is 0.706. The fraction of sp³-hybridized carbons (Fsp3) is 0.333. The number of benzene rings is 2. The molecule has 0 unspecified atom stereocenters. The van der Waals surface area contributed by atoms with Crippen LogP contribution in [0.15, 0.2) is 48.5 Å². The highest BCUT2D eigenvalue weighted by Crippen LogP contribution is 2.40. The SMILES string of the molecule is O=C1N[C@@]2(CCOc3ccccc32)C(=O)N1C[C@H](O)COCc1ccccc1Cl. The van der Waals surface area contributed by atoms with E-state index in [1.807, 2.05) is 24.3 Å². The number of β-amino-alcohol motifs (C(OH)–C–C–N with tert-alkyl or cyclic N) is 1. The summed E-state index contributed by atoms with van der Waals surface area (Å²) in [4.78, 5) is 26.7. The average Bonchev–Trinajstić information content (AvgIpc) is 2.94. The van der Waals surface area contributed by atoms with Crippen LogP contribution < -0.4 is 10.1 Å². The van der Waals surface area contributed by atoms with Crippen LogP contribution in [-0.4, -0.2) is 47.8 Å². The summed E-state index contributed by atoms with van der Waals surface area (Å²) in [6, 6.07) is 13.9. The summed E-state index contributed by atoms with van der Waals surface area (Å²) in [6.45, 7) is 0.360. The van der Waals surface area contributed by atoms with E-state index in [4.69, 9.17) is 21.1 Å². The van der Waals surface area contributed by atoms with E-state index >= 15 is 0 Å². The molecule has 3 amide bonds. The van der Waals surface area contributed by atoms with Crippen LogP contribution in [0.3, 0.4) is 0 Å². The maximum atomic E-state index is 13.1. The molecule has 4 rings (SSSR count). The molecule has 2 aromatic carbocycles. The van der Waals surface area contributed by atoms with Gasteiger partial charge < -0.3 is 19.9 Å². The van der Waals surface area contributed by atoms with E-state index in [1.165, 1.54) is 0 Å². The molecule has 2 atom stereocenters. The van der Waals surface area contributed by atoms with Crippen molar-refractivity contribution in [2.45, 2.75) is 24.7 Å². The Labute approximate surface area is 173 Å². The third kappa shape index (κ3) is 3.69. The van der Waals surface area contributed by atoms with Crippen LogP contribution in [-0.2, 0) is 21.7 Å². The second kappa shape index (κ2) is 8.02. The second-order valence-corrected chi connectivity index (χ2v) is 7.51. The number of urea groups is 1. The number of nitrogens with zero attached hydrogens (tertiary/aromatic N) is 1. The van der Waals surface area contributed by atoms with Gasteiger partial charge in [-0.3, -0.25) is 9.69 Å². The fourth-order valence-corrected chi connectivity index (χ4v) is 3.91. The van der Waals surface area contributed by atoms with Gasteiger partial charge in [0.2, 0.25) is 0 Å². The van der Waals surface area contributed by atoms with Crippen molar-refractivity contribution in [3.8, 4) is 5.75 Å². The van der Waals surface area contributed by atoms with Gasteiger partial charge in [-0.05, 0) is 17.7 Å². The van der Waals surface area contributed by atoms with Crippen LogP contribution in [0.25, 0.3) is 0 Å². The third-order valence-electron chi connectivity index (χ3n) is 5.18. The number of ether oxygens (including phenoxy) is 2. The summed E-state index contributed by atoms with van der Waals surface area (Å²) in [5, 5.41) is 13.7. The molecule has 0 aliphatic carbocycles. The standard InChI is InChI=1S/C21H21ClN2O5/c22-17-7-3-1-5-14(17)12-28-13-15(25)11-24-19(26)21(23-20(24)27)9-10-29-18-8-4-2-6-16(18)21/h1-8,15,25H,9-13H2,(H,23,27)/t15-,21+/m0/s1. The number of rotatable bonds is 6. The van der Waals surface area contributed by atoms with Crippen LogP contribution >= 0.6 is 11.6 Å². The van der Waals surface area contributed by atoms with E-state index in [9.17, 15) is 14.7 Å². The van der Waals surface area contributed by atoms with Gasteiger partial charge in [-0.1, -0.05) is 48.0 Å². The summed E-state index contributed by atoms with van der Waals surface area (Å²) in [5.74, 6) is 0.196. The van der Waals surface area contributed by atoms with E-state index in [0.717, 1.165) is 10.5 Å². The molecule has 0 aromatic heterocycles. The minimum absolute atomic E-state index is 0.0328. The summed E-state index contributed by atoms with van der Waals surface area (Å²) in [6.07, 6.45) is -0.679. The molecule has 1 spiro atoms. The highest BCUT2D eigenvalue weighted by molar-refractivity contribution is 6.31. The zero-order valence-corrected chi connectivity index (χ0v) is 16.4. The monoisotopic (exact) mass is 416 g/mol. The molecule has 29 heavy (non-hydrogen) atoms. The number of aliphatic hydroxyl groups is 1. The van der Waals surface area contributed by atoms with E-state index < -0.39 is 17.7 Å². The Morgan fingerprint density at radius 1 is 1.21 bits per heavy atom. The number of nitrogens with one attached hydrogen (secondary N) is 1. The first kappa shape index (κ1) is 19.7. The summed E-state index contributed by atoms with van der Waals surface area (Å²) < 4.78 is 11.1. The second-order valence-electron chi connectivity index (χ2n) is 7.11. The first-order chi connectivity index (χ1) is 14.0. The van der Waals surface area contributed by atoms with Gasteiger partial charge in [0, 0.05) is 17.0 Å². The normalized spacial score (nSPS) is 21.7. The van der Waals surface area contributed by atoms with Gasteiger partial charge in [0.25, 0.3) is 5.91 Å². The number of halogens is 1. The number of fused-ring (bicyclic) bond motifs is 2. The van der Waals surface area contributed by atoms with Crippen LogP contribution in [0.2, 0.25) is 5.02 Å². The topological polar surface area (TPSA) is 88.1 Å². The van der Waals surface area contributed by atoms with E-state index in [2.05, 4.69) is 5.32 Å². The largest absolute Gasteiger partial charge is 0.493 e. The van der Waals surface area contributed by atoms with Gasteiger partial charge in [-0.2, -0.15) is 0 Å². The zero-order valence-electron chi connectivity index (χ0n) is 15.6. The van der Waals surface area contributed by atoms with Gasteiger partial charge in [0.05, 0.1) is 32.5 Å². The summed E-state index contributed by atoms with van der Waals surface area (Å²) >= 11 is 6.08. The van der Waals surface area contributed by atoms with Crippen LogP contribution in [0.4, 0.5) is 4.79 Å². The molecule has 152 valence electrons. The maximum absolute atomic E-state index is 13.1. The van der Waals surface area contributed by atoms with E-state index in [0.29, 0.717) is 29.4 Å². The van der Waals surface area contributed by atoms with Gasteiger partial charge in [-0.15, -0.1) is 0 Å². The third-order valence-corrected chi connectivity index (χ3v) is 5.54. The number of amides is 3. The van der Waals surface area contributed by atoms with Crippen molar-refractivity contribution in [2.24, 2.45) is 0 Å². The maximum Gasteiger partial charge on any atom is 0.325 e. The highest BCUT2D eigenvalue weighted by atomic mass is 35.5. The number of imide groups is 1. The van der Waals surface area contributed by atoms with Crippen LogP contribution in [0.5, 0.6) is 5.75 Å². The molecular formula is C21H21ClN2O5. The Kier molecular flexibility index (Phi) is 5.45. The van der Waals surface area contributed by atoms with Gasteiger partial charge in [-0.25, -0.2) is 4.79 Å². The van der Waals surface area contributed by atoms with Gasteiger partial charge in [0.15, 0.2) is 5.54 Å². The Bertz CT molecular complexity index is 937. The van der Waals surface area contributed by atoms with E-state index in [-0.39, 0.29) is 25.7 Å². The van der Waals surface area contributed by atoms with Crippen LogP contribution in [0, 0.1) is 0 Å². The molecule has 2 aliphatic heterocycles. The zero-order chi connectivity index (χ0) is 20.4. The Hall–Kier alpha value is -2.61. The lowest BCUT2D eigenvalue weighted by atomic mass is 9.84. The number of para-hydroxylation sites is 1. The molecule has 2 aromatic rings. The number of carbonyl (C=O) groups excluding carboxylic acids is 2.